The molecule has 0 aliphatic rings. The zero-order valence-electron chi connectivity index (χ0n) is 9.42. The van der Waals surface area contributed by atoms with E-state index in [-0.39, 0.29) is 6.42 Å². The second-order valence-electron chi connectivity index (χ2n) is 3.76. The smallest absolute Gasteiger partial charge is 0.0889 e. The SMILES string of the molecule is N#CCc1cnc(-c2cc(Cl)c(Cl)c(Cl)c2)c(Cl)c1. The largest absolute Gasteiger partial charge is 0.254 e. The van der Waals surface area contributed by atoms with Gasteiger partial charge in [0.1, 0.15) is 0 Å². The molecule has 0 saturated heterocycles. The average molecular weight is 332 g/mol. The molecule has 2 rings (SSSR count). The van der Waals surface area contributed by atoms with Gasteiger partial charge in [-0.15, -0.1) is 0 Å². The average Bonchev–Trinajstić information content (AvgIpc) is 2.36. The lowest BCUT2D eigenvalue weighted by Crippen LogP contribution is -1.90. The van der Waals surface area contributed by atoms with E-state index < -0.39 is 0 Å². The molecule has 0 aliphatic carbocycles. The summed E-state index contributed by atoms with van der Waals surface area (Å²) in [4.78, 5) is 4.24. The Morgan fingerprint density at radius 3 is 2.16 bits per heavy atom. The van der Waals surface area contributed by atoms with Crippen LogP contribution in [0.4, 0.5) is 0 Å². The van der Waals surface area contributed by atoms with Crippen LogP contribution in [0.5, 0.6) is 0 Å². The van der Waals surface area contributed by atoms with Crippen molar-refractivity contribution in [3.63, 3.8) is 0 Å². The highest BCUT2D eigenvalue weighted by Gasteiger charge is 2.11. The predicted molar refractivity (Wildman–Crippen MR) is 79.0 cm³/mol. The third-order valence-corrected chi connectivity index (χ3v) is 3.92. The Morgan fingerprint density at radius 1 is 1.00 bits per heavy atom. The van der Waals surface area contributed by atoms with Crippen molar-refractivity contribution in [2.45, 2.75) is 6.42 Å². The van der Waals surface area contributed by atoms with E-state index in [1.54, 1.807) is 24.4 Å². The van der Waals surface area contributed by atoms with Crippen LogP contribution in [-0.4, -0.2) is 4.98 Å². The van der Waals surface area contributed by atoms with Crippen molar-refractivity contribution in [1.82, 2.24) is 4.98 Å². The first-order valence-electron chi connectivity index (χ1n) is 5.19. The number of nitriles is 1. The van der Waals surface area contributed by atoms with Gasteiger partial charge in [-0.05, 0) is 23.8 Å². The van der Waals surface area contributed by atoms with Gasteiger partial charge in [0.05, 0.1) is 38.3 Å². The molecule has 0 radical (unpaired) electrons. The van der Waals surface area contributed by atoms with E-state index in [0.29, 0.717) is 31.3 Å². The van der Waals surface area contributed by atoms with E-state index in [1.165, 1.54) is 0 Å². The molecule has 0 unspecified atom stereocenters. The third-order valence-electron chi connectivity index (χ3n) is 2.44. The molecular formula is C13H6Cl4N2. The molecule has 6 heteroatoms. The molecule has 2 nitrogen and oxygen atoms in total. The standard InChI is InChI=1S/C13H6Cl4N2/c14-9-4-8(5-10(15)12(9)17)13-11(16)3-7(1-2-18)6-19-13/h3-6H,1H2. The van der Waals surface area contributed by atoms with E-state index in [9.17, 15) is 0 Å². The molecule has 0 fully saturated rings. The number of pyridine rings is 1. The number of benzene rings is 1. The van der Waals surface area contributed by atoms with Crippen LogP contribution in [0.1, 0.15) is 5.56 Å². The van der Waals surface area contributed by atoms with E-state index in [2.05, 4.69) is 4.98 Å². The van der Waals surface area contributed by atoms with E-state index in [0.717, 1.165) is 5.56 Å². The molecule has 1 aromatic carbocycles. The summed E-state index contributed by atoms with van der Waals surface area (Å²) in [5.41, 5.74) is 1.97. The van der Waals surface area contributed by atoms with Crippen LogP contribution in [0.3, 0.4) is 0 Å². The van der Waals surface area contributed by atoms with Crippen molar-refractivity contribution in [3.05, 3.63) is 50.0 Å². The van der Waals surface area contributed by atoms with Gasteiger partial charge >= 0.3 is 0 Å². The van der Waals surface area contributed by atoms with Crippen LogP contribution < -0.4 is 0 Å². The monoisotopic (exact) mass is 330 g/mol. The van der Waals surface area contributed by atoms with E-state index in [1.807, 2.05) is 6.07 Å². The fraction of sp³-hybridized carbons (Fsp3) is 0.0769. The quantitative estimate of drug-likeness (QED) is 0.688. The molecule has 0 N–H and O–H groups in total. The molecule has 1 heterocycles. The van der Waals surface area contributed by atoms with Gasteiger partial charge < -0.3 is 0 Å². The number of hydrogen-bond donors (Lipinski definition) is 0. The molecule has 0 amide bonds. The van der Waals surface area contributed by atoms with Gasteiger partial charge in [-0.1, -0.05) is 46.4 Å². The summed E-state index contributed by atoms with van der Waals surface area (Å²) in [7, 11) is 0. The highest BCUT2D eigenvalue weighted by Crippen LogP contribution is 2.36. The number of nitrogens with zero attached hydrogens (tertiary/aromatic N) is 2. The molecule has 0 spiro atoms. The van der Waals surface area contributed by atoms with Gasteiger partial charge in [0.15, 0.2) is 0 Å². The second kappa shape index (κ2) is 5.98. The topological polar surface area (TPSA) is 36.7 Å². The highest BCUT2D eigenvalue weighted by atomic mass is 35.5. The van der Waals surface area contributed by atoms with Gasteiger partial charge in [-0.2, -0.15) is 5.26 Å². The van der Waals surface area contributed by atoms with Gasteiger partial charge in [0.25, 0.3) is 0 Å². The molecule has 2 aromatic rings. The highest BCUT2D eigenvalue weighted by molar-refractivity contribution is 6.48. The molecular weight excluding hydrogens is 326 g/mol. The van der Waals surface area contributed by atoms with E-state index in [4.69, 9.17) is 51.7 Å². The fourth-order valence-electron chi connectivity index (χ4n) is 1.57. The van der Waals surface area contributed by atoms with Crippen molar-refractivity contribution in [1.29, 1.82) is 5.26 Å². The maximum Gasteiger partial charge on any atom is 0.0889 e. The van der Waals surface area contributed by atoms with Crippen molar-refractivity contribution in [2.75, 3.05) is 0 Å². The molecule has 0 bridgehead atoms. The predicted octanol–water partition coefficient (Wildman–Crippen LogP) is 5.43. The van der Waals surface area contributed by atoms with Crippen LogP contribution in [0.2, 0.25) is 20.1 Å². The Bertz CT molecular complexity index is 654. The third kappa shape index (κ3) is 3.13. The molecule has 0 saturated carbocycles. The summed E-state index contributed by atoms with van der Waals surface area (Å²) in [6, 6.07) is 7.03. The minimum absolute atomic E-state index is 0.259. The summed E-state index contributed by atoms with van der Waals surface area (Å²) in [6.45, 7) is 0. The van der Waals surface area contributed by atoms with Crippen molar-refractivity contribution in [3.8, 4) is 17.3 Å². The first-order valence-corrected chi connectivity index (χ1v) is 6.70. The second-order valence-corrected chi connectivity index (χ2v) is 5.36. The van der Waals surface area contributed by atoms with Crippen LogP contribution in [-0.2, 0) is 6.42 Å². The number of rotatable bonds is 2. The Kier molecular flexibility index (Phi) is 4.54. The normalized spacial score (nSPS) is 10.3. The number of hydrogen-bond acceptors (Lipinski definition) is 2. The summed E-state index contributed by atoms with van der Waals surface area (Å²) < 4.78 is 0. The molecule has 0 atom stereocenters. The maximum atomic E-state index is 8.63. The first kappa shape index (κ1) is 14.4. The molecule has 19 heavy (non-hydrogen) atoms. The summed E-state index contributed by atoms with van der Waals surface area (Å²) in [5, 5.41) is 10.0. The Balaban J connectivity index is 2.51. The van der Waals surface area contributed by atoms with Gasteiger partial charge in [-0.25, -0.2) is 0 Å². The Morgan fingerprint density at radius 2 is 1.63 bits per heavy atom. The van der Waals surface area contributed by atoms with Crippen LogP contribution in [0, 0.1) is 11.3 Å². The lowest BCUT2D eigenvalue weighted by Gasteiger charge is -2.07. The van der Waals surface area contributed by atoms with Crippen molar-refractivity contribution >= 4 is 46.4 Å². The van der Waals surface area contributed by atoms with Gasteiger partial charge in [-0.3, -0.25) is 4.98 Å². The maximum absolute atomic E-state index is 8.63. The lowest BCUT2D eigenvalue weighted by molar-refractivity contribution is 1.19. The molecule has 0 aliphatic heterocycles. The fourth-order valence-corrected chi connectivity index (χ4v) is 2.46. The van der Waals surface area contributed by atoms with Crippen molar-refractivity contribution < 1.29 is 0 Å². The summed E-state index contributed by atoms with van der Waals surface area (Å²) in [6.07, 6.45) is 1.86. The lowest BCUT2D eigenvalue weighted by atomic mass is 10.1. The summed E-state index contributed by atoms with van der Waals surface area (Å²) >= 11 is 24.0. The van der Waals surface area contributed by atoms with Crippen LogP contribution >= 0.6 is 46.4 Å². The summed E-state index contributed by atoms with van der Waals surface area (Å²) in [5.74, 6) is 0. The Labute approximate surface area is 130 Å². The van der Waals surface area contributed by atoms with Gasteiger partial charge in [0, 0.05) is 11.8 Å². The molecule has 96 valence electrons. The number of halogens is 4. The first-order chi connectivity index (χ1) is 9.02. The zero-order valence-corrected chi connectivity index (χ0v) is 12.4. The minimum Gasteiger partial charge on any atom is -0.254 e. The molecule has 1 aromatic heterocycles. The zero-order chi connectivity index (χ0) is 14.0. The Hall–Kier alpha value is -0.980. The number of aromatic nitrogens is 1. The van der Waals surface area contributed by atoms with Gasteiger partial charge in [0.2, 0.25) is 0 Å². The van der Waals surface area contributed by atoms with E-state index >= 15 is 0 Å². The van der Waals surface area contributed by atoms with Crippen molar-refractivity contribution in [2.24, 2.45) is 0 Å². The minimum atomic E-state index is 0.259. The van der Waals surface area contributed by atoms with Crippen LogP contribution in [0.15, 0.2) is 24.4 Å². The van der Waals surface area contributed by atoms with Crippen LogP contribution in [0.25, 0.3) is 11.3 Å².